The molecule has 0 saturated carbocycles. The van der Waals surface area contributed by atoms with Crippen molar-refractivity contribution >= 4 is 8.32 Å². The molecule has 0 aromatic carbocycles. The van der Waals surface area contributed by atoms with E-state index in [4.69, 9.17) is 28.1 Å². The van der Waals surface area contributed by atoms with Crippen molar-refractivity contribution in [2.24, 2.45) is 17.8 Å². The number of methoxy groups -OCH3 is 2. The minimum Gasteiger partial charge on any atom is -0.467 e. The van der Waals surface area contributed by atoms with Crippen LogP contribution >= 0.6 is 0 Å². The van der Waals surface area contributed by atoms with Crippen LogP contribution in [0.25, 0.3) is 0 Å². The van der Waals surface area contributed by atoms with E-state index in [9.17, 15) is 5.11 Å². The molecule has 0 unspecified atom stereocenters. The molecule has 0 aromatic rings. The van der Waals surface area contributed by atoms with E-state index in [1.807, 2.05) is 6.08 Å². The largest absolute Gasteiger partial charge is 0.467 e. The molecule has 1 N–H and O–H groups in total. The fourth-order valence-corrected chi connectivity index (χ4v) is 5.90. The normalized spacial score (nSPS) is 33.5. The van der Waals surface area contributed by atoms with Gasteiger partial charge < -0.3 is 33.2 Å². The van der Waals surface area contributed by atoms with E-state index in [0.29, 0.717) is 13.0 Å². The molecule has 2 aliphatic heterocycles. The van der Waals surface area contributed by atoms with Crippen LogP contribution in [0.15, 0.2) is 12.3 Å². The van der Waals surface area contributed by atoms with Crippen molar-refractivity contribution in [2.45, 2.75) is 103 Å². The molecular weight excluding hydrogens is 440 g/mol. The van der Waals surface area contributed by atoms with Gasteiger partial charge in [-0.1, -0.05) is 41.5 Å². The Morgan fingerprint density at radius 1 is 1.21 bits per heavy atom. The SMILES string of the molecule is COCO[C@@H]1[C@@H](C)[C@@H]([C@@H](C)[C@@H](OC)[C@H](C)CO[Si](C)(C)C(C)(C)C)O[C@]2(CCC=CO2)[C@@H]1O. The number of hydrogen-bond acceptors (Lipinski definition) is 7. The first-order valence-electron chi connectivity index (χ1n) is 12.3. The number of ether oxygens (including phenoxy) is 5. The summed E-state index contributed by atoms with van der Waals surface area (Å²) in [5.41, 5.74) is 0. The lowest BCUT2D eigenvalue weighted by Crippen LogP contribution is -2.65. The van der Waals surface area contributed by atoms with Crippen LogP contribution in [0.5, 0.6) is 0 Å². The summed E-state index contributed by atoms with van der Waals surface area (Å²) >= 11 is 0. The number of hydrogen-bond donors (Lipinski definition) is 1. The maximum absolute atomic E-state index is 11.2. The van der Waals surface area contributed by atoms with Crippen LogP contribution in [-0.2, 0) is 28.1 Å². The third kappa shape index (κ3) is 6.40. The third-order valence-electron chi connectivity index (χ3n) is 7.92. The van der Waals surface area contributed by atoms with Gasteiger partial charge in [0.25, 0.3) is 0 Å². The minimum atomic E-state index is -1.86. The van der Waals surface area contributed by atoms with Crippen LogP contribution in [0.4, 0.5) is 0 Å². The lowest BCUT2D eigenvalue weighted by atomic mass is 9.76. The van der Waals surface area contributed by atoms with Gasteiger partial charge in [-0.05, 0) is 30.6 Å². The average molecular weight is 489 g/mol. The fourth-order valence-electron chi connectivity index (χ4n) is 4.79. The van der Waals surface area contributed by atoms with Crippen molar-refractivity contribution in [1.82, 2.24) is 0 Å². The first kappa shape index (κ1) is 28.8. The average Bonchev–Trinajstić information content (AvgIpc) is 2.75. The monoisotopic (exact) mass is 488 g/mol. The van der Waals surface area contributed by atoms with Gasteiger partial charge in [0.2, 0.25) is 5.79 Å². The van der Waals surface area contributed by atoms with Gasteiger partial charge in [0.1, 0.15) is 12.9 Å². The summed E-state index contributed by atoms with van der Waals surface area (Å²) < 4.78 is 36.1. The fraction of sp³-hybridized carbons (Fsp3) is 0.920. The zero-order chi connectivity index (χ0) is 25.0. The predicted molar refractivity (Wildman–Crippen MR) is 131 cm³/mol. The summed E-state index contributed by atoms with van der Waals surface area (Å²) in [6.45, 7) is 18.4. The highest BCUT2D eigenvalue weighted by Gasteiger charge is 2.57. The molecule has 0 bridgehead atoms. The molecule has 8 heteroatoms. The number of allylic oxidation sites excluding steroid dienone is 1. The Kier molecular flexibility index (Phi) is 10.0. The van der Waals surface area contributed by atoms with Gasteiger partial charge in [-0.3, -0.25) is 0 Å². The number of aliphatic hydroxyl groups is 1. The molecule has 2 heterocycles. The topological polar surface area (TPSA) is 75.6 Å². The first-order valence-corrected chi connectivity index (χ1v) is 15.2. The lowest BCUT2D eigenvalue weighted by molar-refractivity contribution is -0.360. The van der Waals surface area contributed by atoms with Crippen LogP contribution in [0.1, 0.15) is 54.4 Å². The quantitative estimate of drug-likeness (QED) is 0.353. The predicted octanol–water partition coefficient (Wildman–Crippen LogP) is 4.70. The van der Waals surface area contributed by atoms with E-state index in [0.717, 1.165) is 6.42 Å². The van der Waals surface area contributed by atoms with Gasteiger partial charge in [0.05, 0.1) is 24.6 Å². The van der Waals surface area contributed by atoms with Crippen molar-refractivity contribution < 1.29 is 33.2 Å². The molecule has 7 nitrogen and oxygen atoms in total. The molecule has 0 aliphatic carbocycles. The molecule has 1 spiro atoms. The smallest absolute Gasteiger partial charge is 0.238 e. The Hall–Kier alpha value is -0.483. The van der Waals surface area contributed by atoms with Crippen molar-refractivity contribution in [3.8, 4) is 0 Å². The zero-order valence-corrected chi connectivity index (χ0v) is 23.4. The molecule has 8 atom stereocenters. The van der Waals surface area contributed by atoms with Crippen LogP contribution in [0.2, 0.25) is 18.1 Å². The van der Waals surface area contributed by atoms with Gasteiger partial charge >= 0.3 is 0 Å². The van der Waals surface area contributed by atoms with Gasteiger partial charge in [-0.15, -0.1) is 0 Å². The molecule has 0 radical (unpaired) electrons. The van der Waals surface area contributed by atoms with E-state index < -0.39 is 26.3 Å². The molecule has 1 fully saturated rings. The summed E-state index contributed by atoms with van der Waals surface area (Å²) in [6, 6.07) is 0. The second-order valence-corrected chi connectivity index (χ2v) is 16.2. The molecule has 194 valence electrons. The molecule has 1 saturated heterocycles. The molecular formula is C25H48O7Si. The van der Waals surface area contributed by atoms with Gasteiger partial charge in [-0.25, -0.2) is 0 Å². The maximum atomic E-state index is 11.2. The second kappa shape index (κ2) is 11.5. The number of rotatable bonds is 10. The van der Waals surface area contributed by atoms with E-state index in [2.05, 4.69) is 54.6 Å². The minimum absolute atomic E-state index is 0.0236. The van der Waals surface area contributed by atoms with E-state index >= 15 is 0 Å². The summed E-state index contributed by atoms with van der Waals surface area (Å²) in [5.74, 6) is -1.02. The molecule has 2 rings (SSSR count). The third-order valence-corrected chi connectivity index (χ3v) is 12.4. The Morgan fingerprint density at radius 3 is 2.39 bits per heavy atom. The van der Waals surface area contributed by atoms with Crippen molar-refractivity contribution in [1.29, 1.82) is 0 Å². The van der Waals surface area contributed by atoms with Crippen LogP contribution in [-0.4, -0.2) is 71.2 Å². The van der Waals surface area contributed by atoms with Gasteiger partial charge in [-0.2, -0.15) is 0 Å². The van der Waals surface area contributed by atoms with Gasteiger partial charge in [0.15, 0.2) is 8.32 Å². The summed E-state index contributed by atoms with van der Waals surface area (Å²) in [5, 5.41) is 11.3. The Morgan fingerprint density at radius 2 is 1.88 bits per heavy atom. The summed E-state index contributed by atoms with van der Waals surface area (Å²) in [6.07, 6.45) is 3.19. The Bertz CT molecular complexity index is 635. The highest BCUT2D eigenvalue weighted by Crippen LogP contribution is 2.44. The molecule has 0 aromatic heterocycles. The standard InChI is InChI=1S/C25H48O7Si/c1-17(15-31-33(9,10)24(4,5)6)20(28-8)18(2)21-19(3)22(29-16-27-7)23(26)25(32-21)13-11-12-14-30-25/h12,14,17-23,26H,11,13,15-16H2,1-10H3/t17-,18+,19+,20+,21-,22-,23-,25-/m1/s1. The number of aliphatic hydroxyl groups excluding tert-OH is 1. The maximum Gasteiger partial charge on any atom is 0.238 e. The van der Waals surface area contributed by atoms with E-state index in [1.54, 1.807) is 20.5 Å². The molecule has 0 amide bonds. The second-order valence-electron chi connectivity index (χ2n) is 11.4. The first-order chi connectivity index (χ1) is 15.3. The van der Waals surface area contributed by atoms with E-state index in [-0.39, 0.29) is 41.8 Å². The molecule has 33 heavy (non-hydrogen) atoms. The van der Waals surface area contributed by atoms with E-state index in [1.165, 1.54) is 0 Å². The van der Waals surface area contributed by atoms with Crippen molar-refractivity contribution in [2.75, 3.05) is 27.6 Å². The van der Waals surface area contributed by atoms with Crippen molar-refractivity contribution in [3.63, 3.8) is 0 Å². The van der Waals surface area contributed by atoms with Crippen LogP contribution in [0, 0.1) is 17.8 Å². The van der Waals surface area contributed by atoms with Crippen LogP contribution < -0.4 is 0 Å². The zero-order valence-electron chi connectivity index (χ0n) is 22.4. The summed E-state index contributed by atoms with van der Waals surface area (Å²) in [4.78, 5) is 0. The highest BCUT2D eigenvalue weighted by molar-refractivity contribution is 6.74. The summed E-state index contributed by atoms with van der Waals surface area (Å²) in [7, 11) is 1.47. The molecule has 2 aliphatic rings. The highest BCUT2D eigenvalue weighted by atomic mass is 28.4. The van der Waals surface area contributed by atoms with Crippen molar-refractivity contribution in [3.05, 3.63) is 12.3 Å². The Labute approximate surface area is 202 Å². The lowest BCUT2D eigenvalue weighted by Gasteiger charge is -2.53. The van der Waals surface area contributed by atoms with Crippen LogP contribution in [0.3, 0.4) is 0 Å². The Balaban J connectivity index is 2.22. The van der Waals surface area contributed by atoms with Gasteiger partial charge in [0, 0.05) is 45.0 Å².